The van der Waals surface area contributed by atoms with Gasteiger partial charge in [0.15, 0.2) is 0 Å². The van der Waals surface area contributed by atoms with Crippen molar-refractivity contribution in [3.8, 4) is 0 Å². The van der Waals surface area contributed by atoms with Crippen molar-refractivity contribution < 1.29 is 4.79 Å². The number of aliphatic imine (C=N–C) groups is 1. The molecule has 0 fully saturated rings. The third kappa shape index (κ3) is 6.46. The van der Waals surface area contributed by atoms with Gasteiger partial charge in [-0.2, -0.15) is 0 Å². The van der Waals surface area contributed by atoms with Crippen LogP contribution >= 0.6 is 0 Å². The molecule has 0 aromatic rings. The Hall–Kier alpha value is -1.06. The second-order valence-electron chi connectivity index (χ2n) is 3.42. The van der Waals surface area contributed by atoms with Gasteiger partial charge >= 0.3 is 0 Å². The topological polar surface area (TPSA) is 44.7 Å². The van der Waals surface area contributed by atoms with Crippen molar-refractivity contribution in [2.75, 3.05) is 20.1 Å². The normalized spacial score (nSPS) is 12.9. The molecule has 14 heavy (non-hydrogen) atoms. The lowest BCUT2D eigenvalue weighted by molar-refractivity contribution is -0.127. The van der Waals surface area contributed by atoms with Crippen molar-refractivity contribution >= 4 is 12.2 Å². The van der Waals surface area contributed by atoms with E-state index in [2.05, 4.69) is 17.2 Å². The SMILES string of the molecule is CC/N=C/NC(C)CCN(C)C(C)=O. The molecule has 0 spiro atoms. The lowest BCUT2D eigenvalue weighted by atomic mass is 10.2. The summed E-state index contributed by atoms with van der Waals surface area (Å²) in [5, 5.41) is 3.15. The minimum atomic E-state index is 0.111. The van der Waals surface area contributed by atoms with Gasteiger partial charge in [-0.25, -0.2) is 0 Å². The largest absolute Gasteiger partial charge is 0.374 e. The third-order valence-corrected chi connectivity index (χ3v) is 2.07. The van der Waals surface area contributed by atoms with Crippen LogP contribution in [0.1, 0.15) is 27.2 Å². The van der Waals surface area contributed by atoms with Crippen molar-refractivity contribution in [2.45, 2.75) is 33.2 Å². The summed E-state index contributed by atoms with van der Waals surface area (Å²) in [5.74, 6) is 0.111. The standard InChI is InChI=1S/C10H21N3O/c1-5-11-8-12-9(2)6-7-13(4)10(3)14/h8-9H,5-7H2,1-4H3,(H,11,12). The van der Waals surface area contributed by atoms with E-state index in [1.807, 2.05) is 14.0 Å². The number of rotatable bonds is 6. The molecule has 0 saturated carbocycles. The summed E-state index contributed by atoms with van der Waals surface area (Å²) in [6.07, 6.45) is 2.67. The van der Waals surface area contributed by atoms with Crippen molar-refractivity contribution in [1.29, 1.82) is 0 Å². The number of amides is 1. The van der Waals surface area contributed by atoms with Crippen LogP contribution in [0.3, 0.4) is 0 Å². The Morgan fingerprint density at radius 3 is 2.79 bits per heavy atom. The highest BCUT2D eigenvalue weighted by molar-refractivity contribution is 5.72. The maximum atomic E-state index is 10.9. The number of nitrogens with zero attached hydrogens (tertiary/aromatic N) is 2. The molecule has 0 aliphatic heterocycles. The third-order valence-electron chi connectivity index (χ3n) is 2.07. The van der Waals surface area contributed by atoms with E-state index in [0.717, 1.165) is 19.5 Å². The van der Waals surface area contributed by atoms with E-state index in [-0.39, 0.29) is 5.91 Å². The predicted molar refractivity (Wildman–Crippen MR) is 59.6 cm³/mol. The maximum absolute atomic E-state index is 10.9. The number of nitrogens with one attached hydrogen (secondary N) is 1. The summed E-state index contributed by atoms with van der Waals surface area (Å²) in [6.45, 7) is 7.23. The van der Waals surface area contributed by atoms with Gasteiger partial charge in [-0.05, 0) is 20.3 Å². The summed E-state index contributed by atoms with van der Waals surface area (Å²) in [6, 6.07) is 0.354. The molecule has 0 saturated heterocycles. The summed E-state index contributed by atoms with van der Waals surface area (Å²) in [4.78, 5) is 16.7. The van der Waals surface area contributed by atoms with E-state index in [1.165, 1.54) is 0 Å². The summed E-state index contributed by atoms with van der Waals surface area (Å²) < 4.78 is 0. The molecule has 1 N–H and O–H groups in total. The monoisotopic (exact) mass is 199 g/mol. The minimum absolute atomic E-state index is 0.111. The van der Waals surface area contributed by atoms with Gasteiger partial charge in [0, 0.05) is 33.1 Å². The molecule has 1 unspecified atom stereocenters. The zero-order chi connectivity index (χ0) is 11.0. The fraction of sp³-hybridized carbons (Fsp3) is 0.800. The van der Waals surface area contributed by atoms with E-state index >= 15 is 0 Å². The van der Waals surface area contributed by atoms with Gasteiger partial charge in [-0.3, -0.25) is 9.79 Å². The Balaban J connectivity index is 3.58. The molecule has 0 aliphatic carbocycles. The van der Waals surface area contributed by atoms with Gasteiger partial charge < -0.3 is 10.2 Å². The van der Waals surface area contributed by atoms with Crippen molar-refractivity contribution in [2.24, 2.45) is 4.99 Å². The molecular weight excluding hydrogens is 178 g/mol. The van der Waals surface area contributed by atoms with Crippen LogP contribution in [0.25, 0.3) is 0 Å². The van der Waals surface area contributed by atoms with E-state index in [4.69, 9.17) is 0 Å². The van der Waals surface area contributed by atoms with Gasteiger partial charge in [0.2, 0.25) is 5.91 Å². The Morgan fingerprint density at radius 1 is 1.64 bits per heavy atom. The molecule has 4 nitrogen and oxygen atoms in total. The summed E-state index contributed by atoms with van der Waals surface area (Å²) in [7, 11) is 1.81. The van der Waals surface area contributed by atoms with Gasteiger partial charge in [0.25, 0.3) is 0 Å². The lowest BCUT2D eigenvalue weighted by Gasteiger charge is -2.17. The van der Waals surface area contributed by atoms with E-state index in [0.29, 0.717) is 6.04 Å². The zero-order valence-electron chi connectivity index (χ0n) is 9.58. The Labute approximate surface area is 86.4 Å². The molecule has 1 atom stereocenters. The van der Waals surface area contributed by atoms with Crippen LogP contribution in [0.15, 0.2) is 4.99 Å². The van der Waals surface area contributed by atoms with Gasteiger partial charge in [0.05, 0.1) is 6.34 Å². The van der Waals surface area contributed by atoms with Gasteiger partial charge in [0.1, 0.15) is 0 Å². The molecule has 0 bridgehead atoms. The number of hydrogen-bond donors (Lipinski definition) is 1. The average Bonchev–Trinajstić information content (AvgIpc) is 2.14. The predicted octanol–water partition coefficient (Wildman–Crippen LogP) is 0.881. The van der Waals surface area contributed by atoms with Crippen LogP contribution in [0.2, 0.25) is 0 Å². The molecule has 0 aromatic heterocycles. The molecule has 4 heteroatoms. The van der Waals surface area contributed by atoms with Crippen LogP contribution in [0.5, 0.6) is 0 Å². The number of carbonyl (C=O) groups excluding carboxylic acids is 1. The van der Waals surface area contributed by atoms with Crippen molar-refractivity contribution in [1.82, 2.24) is 10.2 Å². The molecule has 0 rings (SSSR count). The molecule has 0 aromatic carbocycles. The van der Waals surface area contributed by atoms with Crippen molar-refractivity contribution in [3.63, 3.8) is 0 Å². The average molecular weight is 199 g/mol. The van der Waals surface area contributed by atoms with Crippen LogP contribution in [0.4, 0.5) is 0 Å². The Bertz CT molecular complexity index is 192. The van der Waals surface area contributed by atoms with E-state index in [9.17, 15) is 4.79 Å². The first kappa shape index (κ1) is 12.9. The van der Waals surface area contributed by atoms with Gasteiger partial charge in [-0.15, -0.1) is 0 Å². The maximum Gasteiger partial charge on any atom is 0.219 e. The first-order valence-electron chi connectivity index (χ1n) is 5.04. The zero-order valence-corrected chi connectivity index (χ0v) is 9.58. The second kappa shape index (κ2) is 7.35. The minimum Gasteiger partial charge on any atom is -0.374 e. The fourth-order valence-electron chi connectivity index (χ4n) is 0.899. The Kier molecular flexibility index (Phi) is 6.80. The first-order chi connectivity index (χ1) is 6.57. The molecular formula is C10H21N3O. The fourth-order valence-corrected chi connectivity index (χ4v) is 0.899. The second-order valence-corrected chi connectivity index (χ2v) is 3.42. The molecule has 0 heterocycles. The van der Waals surface area contributed by atoms with Gasteiger partial charge in [-0.1, -0.05) is 0 Å². The summed E-state index contributed by atoms with van der Waals surface area (Å²) >= 11 is 0. The summed E-state index contributed by atoms with van der Waals surface area (Å²) in [5.41, 5.74) is 0. The highest BCUT2D eigenvalue weighted by Crippen LogP contribution is 1.93. The molecule has 1 amide bonds. The number of hydrogen-bond acceptors (Lipinski definition) is 2. The quantitative estimate of drug-likeness (QED) is 0.510. The smallest absolute Gasteiger partial charge is 0.219 e. The molecule has 0 aliphatic rings. The van der Waals surface area contributed by atoms with Crippen molar-refractivity contribution in [3.05, 3.63) is 0 Å². The van der Waals surface area contributed by atoms with Crippen LogP contribution in [0, 0.1) is 0 Å². The highest BCUT2D eigenvalue weighted by Gasteiger charge is 2.04. The Morgan fingerprint density at radius 2 is 2.29 bits per heavy atom. The van der Waals surface area contributed by atoms with E-state index < -0.39 is 0 Å². The number of carbonyl (C=O) groups is 1. The highest BCUT2D eigenvalue weighted by atomic mass is 16.2. The lowest BCUT2D eigenvalue weighted by Crippen LogP contribution is -2.32. The molecule has 82 valence electrons. The van der Waals surface area contributed by atoms with Crippen LogP contribution in [-0.4, -0.2) is 43.3 Å². The molecule has 0 radical (unpaired) electrons. The van der Waals surface area contributed by atoms with Crippen LogP contribution in [-0.2, 0) is 4.79 Å². The van der Waals surface area contributed by atoms with Crippen LogP contribution < -0.4 is 5.32 Å². The first-order valence-corrected chi connectivity index (χ1v) is 5.04. The van der Waals surface area contributed by atoms with E-state index in [1.54, 1.807) is 18.2 Å².